The number of amides is 1. The lowest BCUT2D eigenvalue weighted by molar-refractivity contribution is -0.138. The standard InChI is InChI=1S/C24H28FN3O4/c1-32-21-7-5-16(12-19(21)25)20(13-22(29)30)28-24(31)17-9-14(10-17)11-18-6-4-15-3-2-8-26-23(15)27-18/h4-7,12,14,17,20H,2-3,8-11,13H2,1H3,(H,26,27)(H,28,31)(H,29,30). The van der Waals surface area contributed by atoms with Gasteiger partial charge in [0.15, 0.2) is 11.6 Å². The maximum Gasteiger partial charge on any atom is 0.305 e. The average Bonchev–Trinajstić information content (AvgIpc) is 2.75. The number of ether oxygens (including phenoxy) is 1. The monoisotopic (exact) mass is 441 g/mol. The molecule has 0 radical (unpaired) electrons. The first-order valence-corrected chi connectivity index (χ1v) is 11.0. The highest BCUT2D eigenvalue weighted by atomic mass is 19.1. The molecule has 0 spiro atoms. The zero-order valence-electron chi connectivity index (χ0n) is 18.1. The molecule has 1 aromatic carbocycles. The summed E-state index contributed by atoms with van der Waals surface area (Å²) in [6.45, 7) is 0.949. The smallest absolute Gasteiger partial charge is 0.305 e. The van der Waals surface area contributed by atoms with Gasteiger partial charge in [0.2, 0.25) is 5.91 Å². The molecule has 7 nitrogen and oxygen atoms in total. The lowest BCUT2D eigenvalue weighted by Crippen LogP contribution is -2.41. The van der Waals surface area contributed by atoms with E-state index in [1.807, 2.05) is 0 Å². The Hall–Kier alpha value is -3.16. The number of anilines is 1. The van der Waals surface area contributed by atoms with E-state index in [1.165, 1.54) is 24.8 Å². The van der Waals surface area contributed by atoms with Gasteiger partial charge in [-0.3, -0.25) is 9.59 Å². The van der Waals surface area contributed by atoms with Gasteiger partial charge in [0.05, 0.1) is 19.6 Å². The van der Waals surface area contributed by atoms with Crippen molar-refractivity contribution in [2.24, 2.45) is 11.8 Å². The van der Waals surface area contributed by atoms with Crippen LogP contribution in [-0.2, 0) is 22.4 Å². The second-order valence-electron chi connectivity index (χ2n) is 8.63. The Labute approximate surface area is 186 Å². The van der Waals surface area contributed by atoms with Crippen molar-refractivity contribution in [3.8, 4) is 5.75 Å². The number of aromatic nitrogens is 1. The van der Waals surface area contributed by atoms with Gasteiger partial charge in [0.1, 0.15) is 5.82 Å². The number of fused-ring (bicyclic) bond motifs is 1. The first-order chi connectivity index (χ1) is 15.4. The third-order valence-electron chi connectivity index (χ3n) is 6.33. The Morgan fingerprint density at radius 1 is 1.31 bits per heavy atom. The SMILES string of the molecule is COc1ccc(C(CC(=O)O)NC(=O)C2CC(Cc3ccc4c(n3)NCCC4)C2)cc1F. The van der Waals surface area contributed by atoms with Crippen molar-refractivity contribution in [1.82, 2.24) is 10.3 Å². The van der Waals surface area contributed by atoms with Gasteiger partial charge in [0.25, 0.3) is 0 Å². The Kier molecular flexibility index (Phi) is 6.58. The summed E-state index contributed by atoms with van der Waals surface area (Å²) in [5.41, 5.74) is 2.69. The molecular formula is C24H28FN3O4. The molecule has 1 aliphatic carbocycles. The van der Waals surface area contributed by atoms with Crippen LogP contribution in [0, 0.1) is 17.7 Å². The van der Waals surface area contributed by atoms with E-state index in [-0.39, 0.29) is 24.0 Å². The maximum absolute atomic E-state index is 14.1. The van der Waals surface area contributed by atoms with Crippen LogP contribution in [0.25, 0.3) is 0 Å². The molecule has 170 valence electrons. The van der Waals surface area contributed by atoms with Gasteiger partial charge in [-0.05, 0) is 67.3 Å². The quantitative estimate of drug-likeness (QED) is 0.580. The number of carbonyl (C=O) groups is 2. The number of methoxy groups -OCH3 is 1. The van der Waals surface area contributed by atoms with Crippen molar-refractivity contribution in [2.45, 2.75) is 44.6 Å². The Morgan fingerprint density at radius 3 is 2.84 bits per heavy atom. The van der Waals surface area contributed by atoms with Crippen LogP contribution in [0.3, 0.4) is 0 Å². The van der Waals surface area contributed by atoms with Crippen LogP contribution in [0.4, 0.5) is 10.2 Å². The zero-order valence-corrected chi connectivity index (χ0v) is 18.1. The number of carboxylic acids is 1. The summed E-state index contributed by atoms with van der Waals surface area (Å²) in [6, 6.07) is 7.64. The molecule has 2 aliphatic rings. The number of carboxylic acid groups (broad SMARTS) is 1. The van der Waals surface area contributed by atoms with Crippen LogP contribution < -0.4 is 15.4 Å². The lowest BCUT2D eigenvalue weighted by atomic mass is 9.72. The molecule has 2 aromatic rings. The predicted octanol–water partition coefficient (Wildman–Crippen LogP) is 3.49. The summed E-state index contributed by atoms with van der Waals surface area (Å²) in [5, 5.41) is 15.4. The number of aliphatic carboxylic acids is 1. The van der Waals surface area contributed by atoms with Crippen LogP contribution >= 0.6 is 0 Å². The summed E-state index contributed by atoms with van der Waals surface area (Å²) >= 11 is 0. The van der Waals surface area contributed by atoms with Crippen molar-refractivity contribution in [3.63, 3.8) is 0 Å². The summed E-state index contributed by atoms with van der Waals surface area (Å²) in [4.78, 5) is 28.8. The Balaban J connectivity index is 1.34. The van der Waals surface area contributed by atoms with Crippen LogP contribution in [0.5, 0.6) is 5.75 Å². The van der Waals surface area contributed by atoms with Crippen LogP contribution in [0.1, 0.15) is 48.5 Å². The van der Waals surface area contributed by atoms with Crippen molar-refractivity contribution in [3.05, 3.63) is 53.0 Å². The summed E-state index contributed by atoms with van der Waals surface area (Å²) in [6.07, 6.45) is 4.14. The summed E-state index contributed by atoms with van der Waals surface area (Å²) in [7, 11) is 1.36. The molecule has 1 saturated carbocycles. The van der Waals surface area contributed by atoms with Gasteiger partial charge in [0, 0.05) is 18.2 Å². The van der Waals surface area contributed by atoms with Crippen molar-refractivity contribution in [2.75, 3.05) is 19.0 Å². The van der Waals surface area contributed by atoms with E-state index in [9.17, 15) is 19.1 Å². The minimum Gasteiger partial charge on any atom is -0.494 e. The molecule has 1 unspecified atom stereocenters. The lowest BCUT2D eigenvalue weighted by Gasteiger charge is -2.35. The molecule has 1 aromatic heterocycles. The zero-order chi connectivity index (χ0) is 22.7. The number of rotatable bonds is 8. The average molecular weight is 442 g/mol. The van der Waals surface area contributed by atoms with E-state index in [0.29, 0.717) is 11.5 Å². The molecule has 3 N–H and O–H groups in total. The number of aryl methyl sites for hydroxylation is 1. The second kappa shape index (κ2) is 9.54. The van der Waals surface area contributed by atoms with Crippen molar-refractivity contribution >= 4 is 17.7 Å². The predicted molar refractivity (Wildman–Crippen MR) is 117 cm³/mol. The van der Waals surface area contributed by atoms with E-state index in [2.05, 4.69) is 22.8 Å². The van der Waals surface area contributed by atoms with E-state index < -0.39 is 17.8 Å². The van der Waals surface area contributed by atoms with Gasteiger partial charge in [-0.2, -0.15) is 0 Å². The summed E-state index contributed by atoms with van der Waals surface area (Å²) < 4.78 is 19.0. The molecule has 1 aliphatic heterocycles. The first-order valence-electron chi connectivity index (χ1n) is 11.0. The molecule has 1 atom stereocenters. The highest BCUT2D eigenvalue weighted by Gasteiger charge is 2.36. The topological polar surface area (TPSA) is 101 Å². The van der Waals surface area contributed by atoms with Gasteiger partial charge in [-0.15, -0.1) is 0 Å². The van der Waals surface area contributed by atoms with Crippen molar-refractivity contribution < 1.29 is 23.8 Å². The largest absolute Gasteiger partial charge is 0.494 e. The van der Waals surface area contributed by atoms with Gasteiger partial charge in [-0.25, -0.2) is 9.37 Å². The molecule has 1 fully saturated rings. The fourth-order valence-corrected chi connectivity index (χ4v) is 4.51. The van der Waals surface area contributed by atoms with Crippen LogP contribution in [0.2, 0.25) is 0 Å². The van der Waals surface area contributed by atoms with E-state index in [4.69, 9.17) is 9.72 Å². The van der Waals surface area contributed by atoms with Crippen LogP contribution in [0.15, 0.2) is 30.3 Å². The third kappa shape index (κ3) is 5.00. The summed E-state index contributed by atoms with van der Waals surface area (Å²) in [5.74, 6) is -0.599. The minimum absolute atomic E-state index is 0.0713. The molecule has 8 heteroatoms. The second-order valence-corrected chi connectivity index (χ2v) is 8.63. The van der Waals surface area contributed by atoms with E-state index in [1.54, 1.807) is 6.07 Å². The van der Waals surface area contributed by atoms with Crippen LogP contribution in [-0.4, -0.2) is 35.6 Å². The normalized spacial score (nSPS) is 20.3. The number of hydrogen-bond donors (Lipinski definition) is 3. The third-order valence-corrected chi connectivity index (χ3v) is 6.33. The number of pyridine rings is 1. The van der Waals surface area contributed by atoms with Gasteiger partial charge >= 0.3 is 5.97 Å². The number of benzene rings is 1. The van der Waals surface area contributed by atoms with E-state index >= 15 is 0 Å². The van der Waals surface area contributed by atoms with Crippen molar-refractivity contribution in [1.29, 1.82) is 0 Å². The highest BCUT2D eigenvalue weighted by Crippen LogP contribution is 2.37. The fourth-order valence-electron chi connectivity index (χ4n) is 4.51. The Bertz CT molecular complexity index is 1010. The van der Waals surface area contributed by atoms with E-state index in [0.717, 1.165) is 50.2 Å². The minimum atomic E-state index is -1.06. The number of carbonyl (C=O) groups excluding carboxylic acids is 1. The van der Waals surface area contributed by atoms with Gasteiger partial charge < -0.3 is 20.5 Å². The molecular weight excluding hydrogens is 413 g/mol. The molecule has 1 amide bonds. The molecule has 0 bridgehead atoms. The molecule has 2 heterocycles. The maximum atomic E-state index is 14.1. The molecule has 32 heavy (non-hydrogen) atoms. The fraction of sp³-hybridized carbons (Fsp3) is 0.458. The highest BCUT2D eigenvalue weighted by molar-refractivity contribution is 5.81. The number of nitrogens with zero attached hydrogens (tertiary/aromatic N) is 1. The van der Waals surface area contributed by atoms with Gasteiger partial charge in [-0.1, -0.05) is 12.1 Å². The number of nitrogens with one attached hydrogen (secondary N) is 2. The molecule has 0 saturated heterocycles. The molecule has 4 rings (SSSR count). The first kappa shape index (κ1) is 22.0. The number of hydrogen-bond acceptors (Lipinski definition) is 5. The number of halogens is 1. The Morgan fingerprint density at radius 2 is 2.12 bits per heavy atom.